The monoisotopic (exact) mass is 237 g/mol. The van der Waals surface area contributed by atoms with Gasteiger partial charge in [0.1, 0.15) is 0 Å². The van der Waals surface area contributed by atoms with Crippen molar-refractivity contribution >= 4 is 5.69 Å². The summed E-state index contributed by atoms with van der Waals surface area (Å²) in [6.45, 7) is 5.44. The predicted octanol–water partition coefficient (Wildman–Crippen LogP) is 0.785. The van der Waals surface area contributed by atoms with E-state index in [1.54, 1.807) is 26.1 Å². The first kappa shape index (κ1) is 12.1. The summed E-state index contributed by atoms with van der Waals surface area (Å²) in [5.41, 5.74) is 0.740. The van der Waals surface area contributed by atoms with E-state index in [1.807, 2.05) is 0 Å². The molecule has 1 fully saturated rings. The normalized spacial score (nSPS) is 19.4. The Balaban J connectivity index is 2.25. The molecule has 0 spiro atoms. The highest BCUT2D eigenvalue weighted by Crippen LogP contribution is 2.17. The van der Waals surface area contributed by atoms with Gasteiger partial charge in [-0.2, -0.15) is 5.10 Å². The Morgan fingerprint density at radius 2 is 2.00 bits per heavy atom. The van der Waals surface area contributed by atoms with E-state index in [0.29, 0.717) is 0 Å². The first-order valence-corrected chi connectivity index (χ1v) is 6.11. The lowest BCUT2D eigenvalue weighted by molar-refractivity contribution is 0.129. The van der Waals surface area contributed by atoms with Crippen LogP contribution < -0.4 is 10.5 Å². The van der Waals surface area contributed by atoms with Crippen LogP contribution in [0.3, 0.4) is 0 Å². The SMILES string of the molecule is CC(O)C(C)n1ncc(N2CCCC2)cc1=O. The van der Waals surface area contributed by atoms with Crippen LogP contribution in [0.1, 0.15) is 32.7 Å². The van der Waals surface area contributed by atoms with Gasteiger partial charge in [0.05, 0.1) is 24.0 Å². The Labute approximate surface area is 101 Å². The summed E-state index contributed by atoms with van der Waals surface area (Å²) >= 11 is 0. The van der Waals surface area contributed by atoms with Crippen molar-refractivity contribution in [1.82, 2.24) is 9.78 Å². The Morgan fingerprint density at radius 3 is 2.53 bits per heavy atom. The van der Waals surface area contributed by atoms with Crippen molar-refractivity contribution in [3.05, 3.63) is 22.6 Å². The minimum absolute atomic E-state index is 0.150. The van der Waals surface area contributed by atoms with Gasteiger partial charge in [0.2, 0.25) is 0 Å². The molecule has 94 valence electrons. The second-order valence-corrected chi connectivity index (χ2v) is 4.67. The highest BCUT2D eigenvalue weighted by atomic mass is 16.3. The van der Waals surface area contributed by atoms with Crippen molar-refractivity contribution in [3.8, 4) is 0 Å². The molecule has 2 rings (SSSR count). The predicted molar refractivity (Wildman–Crippen MR) is 66.3 cm³/mol. The molecule has 0 aliphatic carbocycles. The molecule has 5 nitrogen and oxygen atoms in total. The van der Waals surface area contributed by atoms with E-state index in [0.717, 1.165) is 18.8 Å². The van der Waals surface area contributed by atoms with Crippen LogP contribution in [0.4, 0.5) is 5.69 Å². The number of anilines is 1. The number of aromatic nitrogens is 2. The summed E-state index contributed by atoms with van der Waals surface area (Å²) in [4.78, 5) is 14.1. The van der Waals surface area contributed by atoms with E-state index in [4.69, 9.17) is 0 Å². The number of hydrogen-bond acceptors (Lipinski definition) is 4. The van der Waals surface area contributed by atoms with Crippen molar-refractivity contribution in [2.24, 2.45) is 0 Å². The van der Waals surface area contributed by atoms with E-state index in [2.05, 4.69) is 10.00 Å². The fourth-order valence-electron chi connectivity index (χ4n) is 2.07. The van der Waals surface area contributed by atoms with Crippen LogP contribution in [0.25, 0.3) is 0 Å². The summed E-state index contributed by atoms with van der Waals surface area (Å²) in [5.74, 6) is 0. The molecule has 1 aliphatic rings. The van der Waals surface area contributed by atoms with Gasteiger partial charge < -0.3 is 10.0 Å². The summed E-state index contributed by atoms with van der Waals surface area (Å²) in [7, 11) is 0. The zero-order valence-electron chi connectivity index (χ0n) is 10.3. The molecule has 0 saturated carbocycles. The largest absolute Gasteiger partial charge is 0.391 e. The van der Waals surface area contributed by atoms with Crippen molar-refractivity contribution in [3.63, 3.8) is 0 Å². The topological polar surface area (TPSA) is 58.4 Å². The number of hydrogen-bond donors (Lipinski definition) is 1. The Hall–Kier alpha value is -1.36. The molecule has 0 radical (unpaired) electrons. The van der Waals surface area contributed by atoms with Gasteiger partial charge in [-0.15, -0.1) is 0 Å². The molecule has 5 heteroatoms. The van der Waals surface area contributed by atoms with Gasteiger partial charge in [-0.25, -0.2) is 4.68 Å². The number of aliphatic hydroxyl groups excluding tert-OH is 1. The van der Waals surface area contributed by atoms with E-state index < -0.39 is 6.10 Å². The number of nitrogens with zero attached hydrogens (tertiary/aromatic N) is 3. The molecule has 2 atom stereocenters. The first-order chi connectivity index (χ1) is 8.09. The van der Waals surface area contributed by atoms with Crippen LogP contribution in [0.5, 0.6) is 0 Å². The average Bonchev–Trinajstić information content (AvgIpc) is 2.81. The highest BCUT2D eigenvalue weighted by molar-refractivity contribution is 5.43. The van der Waals surface area contributed by atoms with Gasteiger partial charge >= 0.3 is 0 Å². The van der Waals surface area contributed by atoms with Crippen LogP contribution in [-0.4, -0.2) is 34.1 Å². The maximum Gasteiger partial charge on any atom is 0.269 e. The van der Waals surface area contributed by atoms with Gasteiger partial charge in [-0.05, 0) is 26.7 Å². The van der Waals surface area contributed by atoms with E-state index in [1.165, 1.54) is 17.5 Å². The second-order valence-electron chi connectivity index (χ2n) is 4.67. The molecule has 0 bridgehead atoms. The molecule has 0 aromatic carbocycles. The third kappa shape index (κ3) is 2.49. The molecular weight excluding hydrogens is 218 g/mol. The third-order valence-electron chi connectivity index (χ3n) is 3.37. The van der Waals surface area contributed by atoms with Gasteiger partial charge in [0.25, 0.3) is 5.56 Å². The molecule has 2 heterocycles. The van der Waals surface area contributed by atoms with Crippen molar-refractivity contribution in [2.75, 3.05) is 18.0 Å². The van der Waals surface area contributed by atoms with E-state index >= 15 is 0 Å². The van der Waals surface area contributed by atoms with Crippen LogP contribution in [0.15, 0.2) is 17.1 Å². The summed E-state index contributed by atoms with van der Waals surface area (Å²) in [6.07, 6.45) is 3.48. The molecule has 1 aliphatic heterocycles. The van der Waals surface area contributed by atoms with Gasteiger partial charge in [0.15, 0.2) is 0 Å². The fourth-order valence-corrected chi connectivity index (χ4v) is 2.07. The minimum atomic E-state index is -0.585. The lowest BCUT2D eigenvalue weighted by atomic mass is 10.2. The van der Waals surface area contributed by atoms with Crippen molar-refractivity contribution < 1.29 is 5.11 Å². The summed E-state index contributed by atoms with van der Waals surface area (Å²) < 4.78 is 1.34. The molecule has 1 N–H and O–H groups in total. The number of rotatable bonds is 3. The zero-order valence-corrected chi connectivity index (χ0v) is 10.3. The van der Waals surface area contributed by atoms with E-state index in [9.17, 15) is 9.90 Å². The first-order valence-electron chi connectivity index (χ1n) is 6.11. The second kappa shape index (κ2) is 4.87. The smallest absolute Gasteiger partial charge is 0.269 e. The quantitative estimate of drug-likeness (QED) is 0.844. The van der Waals surface area contributed by atoms with Gasteiger partial charge in [0, 0.05) is 19.2 Å². The van der Waals surface area contributed by atoms with Gasteiger partial charge in [-0.1, -0.05) is 0 Å². The Kier molecular flexibility index (Phi) is 3.47. The molecule has 1 aromatic heterocycles. The third-order valence-corrected chi connectivity index (χ3v) is 3.37. The summed E-state index contributed by atoms with van der Waals surface area (Å²) in [6, 6.07) is 1.31. The number of aliphatic hydroxyl groups is 1. The lowest BCUT2D eigenvalue weighted by Gasteiger charge is -2.20. The molecule has 0 amide bonds. The molecular formula is C12H19N3O2. The zero-order chi connectivity index (χ0) is 12.4. The maximum absolute atomic E-state index is 11.9. The minimum Gasteiger partial charge on any atom is -0.391 e. The Bertz CT molecular complexity index is 436. The van der Waals surface area contributed by atoms with E-state index in [-0.39, 0.29) is 11.6 Å². The molecule has 1 saturated heterocycles. The Morgan fingerprint density at radius 1 is 1.35 bits per heavy atom. The lowest BCUT2D eigenvalue weighted by Crippen LogP contribution is -2.32. The highest BCUT2D eigenvalue weighted by Gasteiger charge is 2.17. The molecule has 2 unspecified atom stereocenters. The van der Waals surface area contributed by atoms with Crippen LogP contribution in [0, 0.1) is 0 Å². The average molecular weight is 237 g/mol. The standard InChI is InChI=1S/C12H19N3O2/c1-9(10(2)16)15-12(17)7-11(8-13-15)14-5-3-4-6-14/h7-10,16H,3-6H2,1-2H3. The summed E-state index contributed by atoms with van der Waals surface area (Å²) in [5, 5.41) is 13.6. The van der Waals surface area contributed by atoms with Crippen molar-refractivity contribution in [1.29, 1.82) is 0 Å². The maximum atomic E-state index is 11.9. The molecule has 17 heavy (non-hydrogen) atoms. The van der Waals surface area contributed by atoms with Crippen LogP contribution in [0.2, 0.25) is 0 Å². The molecule has 1 aromatic rings. The van der Waals surface area contributed by atoms with Crippen molar-refractivity contribution in [2.45, 2.75) is 38.8 Å². The fraction of sp³-hybridized carbons (Fsp3) is 0.667. The van der Waals surface area contributed by atoms with Crippen LogP contribution in [-0.2, 0) is 0 Å². The van der Waals surface area contributed by atoms with Gasteiger partial charge in [-0.3, -0.25) is 4.79 Å². The van der Waals surface area contributed by atoms with Crippen LogP contribution >= 0.6 is 0 Å².